The van der Waals surface area contributed by atoms with Crippen molar-refractivity contribution in [2.45, 2.75) is 26.8 Å². The molecule has 5 nitrogen and oxygen atoms in total. The van der Waals surface area contributed by atoms with Crippen LogP contribution in [0.3, 0.4) is 0 Å². The van der Waals surface area contributed by atoms with Crippen molar-refractivity contribution in [3.8, 4) is 11.5 Å². The second-order valence-electron chi connectivity index (χ2n) is 5.42. The maximum atomic E-state index is 12.2. The number of hydrogen-bond acceptors (Lipinski definition) is 5. The molecule has 0 spiro atoms. The molecule has 132 valence electrons. The van der Waals surface area contributed by atoms with Gasteiger partial charge in [0.15, 0.2) is 11.5 Å². The molecule has 1 atom stereocenters. The Morgan fingerprint density at radius 1 is 1.29 bits per heavy atom. The molecule has 1 N–H and O–H groups in total. The molecular weight excluding hydrogens is 344 g/mol. The Morgan fingerprint density at radius 2 is 1.96 bits per heavy atom. The molecule has 0 aliphatic carbocycles. The molecule has 0 aromatic heterocycles. The summed E-state index contributed by atoms with van der Waals surface area (Å²) in [5.74, 6) is 1.78. The lowest BCUT2D eigenvalue weighted by Crippen LogP contribution is -2.31. The molecule has 2 rings (SSSR count). The van der Waals surface area contributed by atoms with Crippen LogP contribution in [0, 0.1) is 0 Å². The van der Waals surface area contributed by atoms with Crippen LogP contribution in [0.1, 0.15) is 32.4 Å². The van der Waals surface area contributed by atoms with Crippen LogP contribution >= 0.6 is 24.0 Å². The first kappa shape index (κ1) is 18.9. The lowest BCUT2D eigenvalue weighted by molar-refractivity contribution is -0.119. The molecule has 24 heavy (non-hydrogen) atoms. The number of carbonyl (C=O) groups is 1. The van der Waals surface area contributed by atoms with Crippen molar-refractivity contribution in [1.29, 1.82) is 0 Å². The van der Waals surface area contributed by atoms with E-state index in [1.165, 1.54) is 11.8 Å². The fourth-order valence-corrected chi connectivity index (χ4v) is 3.61. The summed E-state index contributed by atoms with van der Waals surface area (Å²) in [6.45, 7) is 8.91. The van der Waals surface area contributed by atoms with Gasteiger partial charge < -0.3 is 19.7 Å². The highest BCUT2D eigenvalue weighted by Gasteiger charge is 2.16. The Hall–Kier alpha value is -1.47. The molecule has 1 heterocycles. The predicted octanol–water partition coefficient (Wildman–Crippen LogP) is 2.99. The topological polar surface area (TPSA) is 50.8 Å². The molecule has 0 fully saturated rings. The number of amides is 1. The molecule has 7 heteroatoms. The fraction of sp³-hybridized carbons (Fsp3) is 0.529. The van der Waals surface area contributed by atoms with Gasteiger partial charge >= 0.3 is 0 Å². The van der Waals surface area contributed by atoms with Crippen LogP contribution < -0.4 is 14.8 Å². The van der Waals surface area contributed by atoms with E-state index >= 15 is 0 Å². The van der Waals surface area contributed by atoms with Crippen LogP contribution in [0.2, 0.25) is 0 Å². The van der Waals surface area contributed by atoms with E-state index in [1.807, 2.05) is 25.1 Å². The Kier molecular flexibility index (Phi) is 7.17. The van der Waals surface area contributed by atoms with Gasteiger partial charge in [0.25, 0.3) is 0 Å². The third kappa shape index (κ3) is 5.01. The number of rotatable bonds is 6. The second-order valence-corrected chi connectivity index (χ2v) is 7.03. The van der Waals surface area contributed by atoms with Crippen LogP contribution in [0.25, 0.3) is 0 Å². The van der Waals surface area contributed by atoms with Crippen molar-refractivity contribution in [3.63, 3.8) is 0 Å². The molecular formula is C17H24N2O3S2. The molecule has 0 bridgehead atoms. The minimum atomic E-state index is -0.101. The zero-order valence-electron chi connectivity index (χ0n) is 14.3. The second kappa shape index (κ2) is 9.13. The molecule has 1 amide bonds. The van der Waals surface area contributed by atoms with Gasteiger partial charge in [-0.2, -0.15) is 0 Å². The van der Waals surface area contributed by atoms with Crippen LogP contribution in [0.15, 0.2) is 18.2 Å². The van der Waals surface area contributed by atoms with Crippen LogP contribution in [0.4, 0.5) is 0 Å². The third-order valence-electron chi connectivity index (χ3n) is 3.79. The van der Waals surface area contributed by atoms with Gasteiger partial charge in [-0.25, -0.2) is 0 Å². The fourth-order valence-electron chi connectivity index (χ4n) is 2.40. The average Bonchev–Trinajstić information content (AvgIpc) is 2.60. The molecule has 0 saturated carbocycles. The van der Waals surface area contributed by atoms with E-state index in [1.54, 1.807) is 0 Å². The van der Waals surface area contributed by atoms with Gasteiger partial charge in [0.2, 0.25) is 5.91 Å². The van der Waals surface area contributed by atoms with Crippen molar-refractivity contribution < 1.29 is 14.3 Å². The highest BCUT2D eigenvalue weighted by molar-refractivity contribution is 8.23. The first-order chi connectivity index (χ1) is 11.5. The summed E-state index contributed by atoms with van der Waals surface area (Å²) < 4.78 is 11.9. The SMILES string of the molecule is CCN(CC)C(=S)SCC(=O)NC(C)c1ccc2c(c1)OCCO2. The van der Waals surface area contributed by atoms with E-state index in [9.17, 15) is 4.79 Å². The standard InChI is InChI=1S/C17H24N2O3S2/c1-4-19(5-2)17(23)24-11-16(20)18-12(3)13-6-7-14-15(10-13)22-9-8-21-14/h6-7,10,12H,4-5,8-9,11H2,1-3H3,(H,18,20). The maximum absolute atomic E-state index is 12.2. The largest absolute Gasteiger partial charge is 0.486 e. The number of nitrogens with one attached hydrogen (secondary N) is 1. The smallest absolute Gasteiger partial charge is 0.230 e. The lowest BCUT2D eigenvalue weighted by Gasteiger charge is -2.22. The van der Waals surface area contributed by atoms with E-state index in [0.717, 1.165) is 34.5 Å². The van der Waals surface area contributed by atoms with E-state index in [4.69, 9.17) is 21.7 Å². The lowest BCUT2D eigenvalue weighted by atomic mass is 10.1. The Balaban J connectivity index is 1.86. The van der Waals surface area contributed by atoms with Gasteiger partial charge in [-0.3, -0.25) is 4.79 Å². The summed E-state index contributed by atoms with van der Waals surface area (Å²) in [5.41, 5.74) is 0.990. The number of benzene rings is 1. The first-order valence-corrected chi connectivity index (χ1v) is 9.55. The predicted molar refractivity (Wildman–Crippen MR) is 102 cm³/mol. The number of fused-ring (bicyclic) bond motifs is 1. The monoisotopic (exact) mass is 368 g/mol. The average molecular weight is 369 g/mol. The summed E-state index contributed by atoms with van der Waals surface area (Å²) in [6, 6.07) is 5.66. The highest BCUT2D eigenvalue weighted by atomic mass is 32.2. The zero-order valence-corrected chi connectivity index (χ0v) is 16.0. The third-order valence-corrected chi connectivity index (χ3v) is 5.32. The Morgan fingerprint density at radius 3 is 2.62 bits per heavy atom. The number of thioether (sulfide) groups is 1. The van der Waals surface area contributed by atoms with Gasteiger partial charge in [0, 0.05) is 13.1 Å². The van der Waals surface area contributed by atoms with Crippen molar-refractivity contribution in [2.24, 2.45) is 0 Å². The number of nitrogens with zero attached hydrogens (tertiary/aromatic N) is 1. The Bertz CT molecular complexity index is 591. The van der Waals surface area contributed by atoms with Crippen molar-refractivity contribution in [1.82, 2.24) is 10.2 Å². The number of thiocarbonyl (C=S) groups is 1. The van der Waals surface area contributed by atoms with Gasteiger partial charge in [-0.05, 0) is 38.5 Å². The minimum Gasteiger partial charge on any atom is -0.486 e. The molecule has 0 radical (unpaired) electrons. The van der Waals surface area contributed by atoms with Crippen molar-refractivity contribution in [3.05, 3.63) is 23.8 Å². The summed E-state index contributed by atoms with van der Waals surface area (Å²) in [4.78, 5) is 14.2. The molecule has 0 saturated heterocycles. The highest BCUT2D eigenvalue weighted by Crippen LogP contribution is 2.32. The molecule has 1 aliphatic heterocycles. The van der Waals surface area contributed by atoms with E-state index < -0.39 is 0 Å². The summed E-state index contributed by atoms with van der Waals surface area (Å²) in [7, 11) is 0. The quantitative estimate of drug-likeness (QED) is 0.779. The molecule has 1 unspecified atom stereocenters. The first-order valence-electron chi connectivity index (χ1n) is 8.15. The minimum absolute atomic E-state index is 0.0307. The number of carbonyl (C=O) groups excluding carboxylic acids is 1. The Labute approximate surface area is 153 Å². The van der Waals surface area contributed by atoms with Gasteiger partial charge in [-0.15, -0.1) is 0 Å². The normalized spacial score (nSPS) is 14.0. The molecule has 1 aliphatic rings. The van der Waals surface area contributed by atoms with E-state index in [2.05, 4.69) is 24.1 Å². The summed E-state index contributed by atoms with van der Waals surface area (Å²) >= 11 is 6.75. The molecule has 1 aromatic carbocycles. The zero-order chi connectivity index (χ0) is 17.5. The number of hydrogen-bond donors (Lipinski definition) is 1. The number of ether oxygens (including phenoxy) is 2. The van der Waals surface area contributed by atoms with E-state index in [-0.39, 0.29) is 11.9 Å². The van der Waals surface area contributed by atoms with Gasteiger partial charge in [-0.1, -0.05) is 30.0 Å². The maximum Gasteiger partial charge on any atom is 0.230 e. The van der Waals surface area contributed by atoms with Gasteiger partial charge in [0.1, 0.15) is 17.5 Å². The molecule has 1 aromatic rings. The van der Waals surface area contributed by atoms with Crippen LogP contribution in [0.5, 0.6) is 11.5 Å². The van der Waals surface area contributed by atoms with Crippen molar-refractivity contribution >= 4 is 34.2 Å². The van der Waals surface area contributed by atoms with E-state index in [0.29, 0.717) is 19.0 Å². The summed E-state index contributed by atoms with van der Waals surface area (Å²) in [5, 5.41) is 3.00. The van der Waals surface area contributed by atoms with Crippen LogP contribution in [-0.4, -0.2) is 47.2 Å². The summed E-state index contributed by atoms with van der Waals surface area (Å²) in [6.07, 6.45) is 0. The van der Waals surface area contributed by atoms with Crippen LogP contribution in [-0.2, 0) is 4.79 Å². The van der Waals surface area contributed by atoms with Gasteiger partial charge in [0.05, 0.1) is 11.8 Å². The van der Waals surface area contributed by atoms with Crippen molar-refractivity contribution in [2.75, 3.05) is 32.1 Å².